The molecule has 0 radical (unpaired) electrons. The van der Waals surface area contributed by atoms with Gasteiger partial charge in [-0.15, -0.1) is 0 Å². The summed E-state index contributed by atoms with van der Waals surface area (Å²) >= 11 is 10.1. The highest BCUT2D eigenvalue weighted by Gasteiger charge is 2.76. The number of carbonyl (C=O) groups excluding carboxylic acids is 3. The van der Waals surface area contributed by atoms with Crippen molar-refractivity contribution >= 4 is 50.9 Å². The summed E-state index contributed by atoms with van der Waals surface area (Å²) in [5.41, 5.74) is 0.241. The van der Waals surface area contributed by atoms with E-state index in [1.54, 1.807) is 11.0 Å². The van der Waals surface area contributed by atoms with Gasteiger partial charge in [0.1, 0.15) is 11.6 Å². The average molecular weight is 585 g/mol. The van der Waals surface area contributed by atoms with E-state index in [0.717, 1.165) is 24.8 Å². The summed E-state index contributed by atoms with van der Waals surface area (Å²) in [4.78, 5) is 42.5. The van der Waals surface area contributed by atoms with Crippen LogP contribution in [0.5, 0.6) is 0 Å². The Bertz CT molecular complexity index is 990. The van der Waals surface area contributed by atoms with E-state index in [-0.39, 0.29) is 29.2 Å². The van der Waals surface area contributed by atoms with Crippen molar-refractivity contribution in [2.45, 2.75) is 74.9 Å². The largest absolute Gasteiger partial charge is 0.396 e. The molecule has 0 aliphatic carbocycles. The highest BCUT2D eigenvalue weighted by molar-refractivity contribution is 9.09. The first-order valence-corrected chi connectivity index (χ1v) is 14.1. The molecule has 0 aromatic heterocycles. The lowest BCUT2D eigenvalue weighted by molar-refractivity contribution is -0.140. The molecule has 3 heterocycles. The Morgan fingerprint density at radius 2 is 2.00 bits per heavy atom. The fourth-order valence-corrected chi connectivity index (χ4v) is 7.28. The second kappa shape index (κ2) is 11.4. The molecule has 8 nitrogen and oxygen atoms in total. The number of aryl methyl sites for hydroxylation is 1. The maximum Gasteiger partial charge on any atom is 0.250 e. The maximum atomic E-state index is 13.9. The zero-order valence-corrected chi connectivity index (χ0v) is 23.1. The normalized spacial score (nSPS) is 30.5. The van der Waals surface area contributed by atoms with Crippen LogP contribution >= 0.6 is 27.5 Å². The number of rotatable bonds is 11. The van der Waals surface area contributed by atoms with Gasteiger partial charge in [0, 0.05) is 24.5 Å². The fourth-order valence-electron chi connectivity index (χ4n) is 6.07. The third-order valence-electron chi connectivity index (χ3n) is 7.67. The van der Waals surface area contributed by atoms with Gasteiger partial charge >= 0.3 is 0 Å². The van der Waals surface area contributed by atoms with Crippen molar-refractivity contribution in [3.05, 3.63) is 28.8 Å². The SMILES string of the molecule is CCCNC(=O)[C@H]1[C@@H]2OC3(CC2Br)C(C(=O)Nc2c(C)cccc2Cl)N(CCCCCCO)C(=O)[C@H]13. The molecule has 1 spiro atoms. The van der Waals surface area contributed by atoms with Crippen LogP contribution in [0.15, 0.2) is 18.2 Å². The van der Waals surface area contributed by atoms with Gasteiger partial charge in [0.2, 0.25) is 17.7 Å². The maximum absolute atomic E-state index is 13.9. The predicted molar refractivity (Wildman–Crippen MR) is 141 cm³/mol. The number of nitrogens with zero attached hydrogens (tertiary/aromatic N) is 1. The van der Waals surface area contributed by atoms with Gasteiger partial charge in [-0.05, 0) is 44.2 Å². The van der Waals surface area contributed by atoms with E-state index in [1.807, 2.05) is 26.0 Å². The average Bonchev–Trinajstić information content (AvgIpc) is 3.43. The highest BCUT2D eigenvalue weighted by atomic mass is 79.9. The Kier molecular flexibility index (Phi) is 8.64. The molecule has 198 valence electrons. The zero-order chi connectivity index (χ0) is 26.0. The van der Waals surface area contributed by atoms with Crippen molar-refractivity contribution in [3.8, 4) is 0 Å². The Labute approximate surface area is 225 Å². The Morgan fingerprint density at radius 1 is 1.25 bits per heavy atom. The molecular weight excluding hydrogens is 550 g/mol. The zero-order valence-electron chi connectivity index (χ0n) is 20.8. The number of likely N-dealkylation sites (tertiary alicyclic amines) is 1. The minimum atomic E-state index is -1.09. The molecule has 3 fully saturated rings. The van der Waals surface area contributed by atoms with E-state index in [4.69, 9.17) is 21.4 Å². The number of ether oxygens (including phenoxy) is 1. The lowest BCUT2D eigenvalue weighted by Crippen LogP contribution is -2.54. The van der Waals surface area contributed by atoms with Gasteiger partial charge in [-0.25, -0.2) is 0 Å². The van der Waals surface area contributed by atoms with E-state index < -0.39 is 29.6 Å². The van der Waals surface area contributed by atoms with Crippen molar-refractivity contribution in [1.82, 2.24) is 10.2 Å². The van der Waals surface area contributed by atoms with E-state index in [9.17, 15) is 14.4 Å². The van der Waals surface area contributed by atoms with Crippen molar-refractivity contribution < 1.29 is 24.2 Å². The third-order valence-corrected chi connectivity index (χ3v) is 8.83. The highest BCUT2D eigenvalue weighted by Crippen LogP contribution is 2.60. The van der Waals surface area contributed by atoms with Gasteiger partial charge < -0.3 is 25.4 Å². The molecule has 36 heavy (non-hydrogen) atoms. The molecule has 3 unspecified atom stereocenters. The quantitative estimate of drug-likeness (QED) is 0.273. The number of benzene rings is 1. The standard InChI is InChI=1S/C26H35BrClN3O5/c1-3-11-29-23(33)18-19-25(35)31(12-6-4-5-7-13-32)22(26(19)14-16(27)21(18)36-26)24(34)30-20-15(2)9-8-10-17(20)28/h8-10,16,18-19,21-22,32H,3-7,11-14H2,1-2H3,(H,29,33)(H,30,34)/t16?,18-,19+,21-,22?,26?/m1/s1. The summed E-state index contributed by atoms with van der Waals surface area (Å²) in [7, 11) is 0. The van der Waals surface area contributed by atoms with Crippen LogP contribution in [-0.2, 0) is 19.1 Å². The fraction of sp³-hybridized carbons (Fsp3) is 0.654. The van der Waals surface area contributed by atoms with Crippen LogP contribution in [0.2, 0.25) is 5.02 Å². The van der Waals surface area contributed by atoms with Crippen LogP contribution in [0, 0.1) is 18.8 Å². The van der Waals surface area contributed by atoms with Crippen LogP contribution in [0.3, 0.4) is 0 Å². The smallest absolute Gasteiger partial charge is 0.250 e. The molecule has 4 rings (SSSR count). The summed E-state index contributed by atoms with van der Waals surface area (Å²) in [6, 6.07) is 4.51. The Balaban J connectivity index is 1.66. The van der Waals surface area contributed by atoms with Crippen LogP contribution in [0.25, 0.3) is 0 Å². The summed E-state index contributed by atoms with van der Waals surface area (Å²) in [6.45, 7) is 4.87. The number of aliphatic hydroxyl groups is 1. The number of hydrogen-bond acceptors (Lipinski definition) is 5. The number of alkyl halides is 1. The van der Waals surface area contributed by atoms with Crippen LogP contribution in [0.4, 0.5) is 5.69 Å². The molecule has 6 atom stereocenters. The second-order valence-electron chi connectivity index (χ2n) is 10.0. The summed E-state index contributed by atoms with van der Waals surface area (Å²) in [5, 5.41) is 15.4. The Hall–Kier alpha value is -1.68. The van der Waals surface area contributed by atoms with Gasteiger partial charge in [-0.3, -0.25) is 14.4 Å². The molecule has 3 saturated heterocycles. The first kappa shape index (κ1) is 27.4. The summed E-state index contributed by atoms with van der Waals surface area (Å²) < 4.78 is 6.49. The molecular formula is C26H35BrClN3O5. The second-order valence-corrected chi connectivity index (χ2v) is 11.6. The molecule has 2 bridgehead atoms. The van der Waals surface area contributed by atoms with Gasteiger partial charge in [-0.1, -0.05) is 59.4 Å². The van der Waals surface area contributed by atoms with Gasteiger partial charge in [0.05, 0.1) is 28.6 Å². The molecule has 3 aliphatic heterocycles. The number of anilines is 1. The predicted octanol–water partition coefficient (Wildman–Crippen LogP) is 3.41. The van der Waals surface area contributed by atoms with E-state index in [0.29, 0.717) is 43.1 Å². The number of hydrogen-bond donors (Lipinski definition) is 3. The number of aliphatic hydroxyl groups excluding tert-OH is 1. The Morgan fingerprint density at radius 3 is 2.69 bits per heavy atom. The minimum absolute atomic E-state index is 0.131. The van der Waals surface area contributed by atoms with Gasteiger partial charge in [0.25, 0.3) is 0 Å². The third kappa shape index (κ3) is 4.79. The van der Waals surface area contributed by atoms with E-state index in [1.165, 1.54) is 0 Å². The number of halogens is 2. The number of para-hydroxylation sites is 1. The number of fused-ring (bicyclic) bond motifs is 1. The lowest BCUT2D eigenvalue weighted by Gasteiger charge is -2.34. The molecule has 3 N–H and O–H groups in total. The van der Waals surface area contributed by atoms with E-state index >= 15 is 0 Å². The summed E-state index contributed by atoms with van der Waals surface area (Å²) in [6.07, 6.45) is 3.83. The van der Waals surface area contributed by atoms with Gasteiger partial charge in [-0.2, -0.15) is 0 Å². The molecule has 3 aliphatic rings. The number of carbonyl (C=O) groups is 3. The minimum Gasteiger partial charge on any atom is -0.396 e. The number of unbranched alkanes of at least 4 members (excludes halogenated alkanes) is 3. The lowest BCUT2D eigenvalue weighted by atomic mass is 9.70. The molecule has 1 aromatic rings. The van der Waals surface area contributed by atoms with Crippen molar-refractivity contribution in [2.24, 2.45) is 11.8 Å². The van der Waals surface area contributed by atoms with Gasteiger partial charge in [0.15, 0.2) is 0 Å². The number of amides is 3. The van der Waals surface area contributed by atoms with Crippen LogP contribution in [-0.4, -0.2) is 70.0 Å². The first-order valence-electron chi connectivity index (χ1n) is 12.8. The van der Waals surface area contributed by atoms with Crippen molar-refractivity contribution in [1.29, 1.82) is 0 Å². The van der Waals surface area contributed by atoms with Crippen molar-refractivity contribution in [2.75, 3.05) is 25.0 Å². The van der Waals surface area contributed by atoms with Crippen LogP contribution in [0.1, 0.15) is 51.0 Å². The number of nitrogens with one attached hydrogen (secondary N) is 2. The molecule has 10 heteroatoms. The topological polar surface area (TPSA) is 108 Å². The first-order chi connectivity index (χ1) is 17.3. The van der Waals surface area contributed by atoms with Crippen molar-refractivity contribution in [3.63, 3.8) is 0 Å². The van der Waals surface area contributed by atoms with E-state index in [2.05, 4.69) is 26.6 Å². The molecule has 3 amide bonds. The monoisotopic (exact) mass is 583 g/mol. The summed E-state index contributed by atoms with van der Waals surface area (Å²) in [5.74, 6) is -2.12. The molecule has 1 aromatic carbocycles. The molecule has 0 saturated carbocycles. The van der Waals surface area contributed by atoms with Crippen LogP contribution < -0.4 is 10.6 Å².